The van der Waals surface area contributed by atoms with E-state index in [1.165, 1.54) is 18.2 Å². The lowest BCUT2D eigenvalue weighted by Gasteiger charge is -2.36. The maximum Gasteiger partial charge on any atom is 0.269 e. The zero-order valence-electron chi connectivity index (χ0n) is 19.9. The average Bonchev–Trinajstić information content (AvgIpc) is 3.37. The summed E-state index contributed by atoms with van der Waals surface area (Å²) in [4.78, 5) is 55.7. The van der Waals surface area contributed by atoms with Crippen molar-refractivity contribution in [1.29, 1.82) is 0 Å². The number of carbonyl (C=O) groups excluding carboxylic acids is 3. The first-order valence-corrected chi connectivity index (χ1v) is 13.0. The van der Waals surface area contributed by atoms with E-state index in [0.29, 0.717) is 21.8 Å². The van der Waals surface area contributed by atoms with E-state index in [1.54, 1.807) is 43.3 Å². The third-order valence-electron chi connectivity index (χ3n) is 7.50. The fourth-order valence-corrected chi connectivity index (χ4v) is 6.29. The molecule has 0 spiro atoms. The van der Waals surface area contributed by atoms with E-state index in [1.807, 2.05) is 23.1 Å². The molecular formula is C28H19BrClN3O5. The third-order valence-corrected chi connectivity index (χ3v) is 8.26. The molecule has 0 saturated carbocycles. The number of ketones is 1. The molecule has 3 aromatic carbocycles. The third kappa shape index (κ3) is 3.60. The maximum absolute atomic E-state index is 14.1. The van der Waals surface area contributed by atoms with Crippen LogP contribution in [-0.2, 0) is 9.59 Å². The van der Waals surface area contributed by atoms with Gasteiger partial charge in [0.05, 0.1) is 28.5 Å². The topological polar surface area (TPSA) is 101 Å². The number of nitrogens with zero attached hydrogens (tertiary/aromatic N) is 3. The first kappa shape index (κ1) is 24.5. The molecule has 4 atom stereocenters. The van der Waals surface area contributed by atoms with E-state index in [9.17, 15) is 24.5 Å². The van der Waals surface area contributed by atoms with Gasteiger partial charge in [0.15, 0.2) is 5.78 Å². The lowest BCUT2D eigenvalue weighted by Crippen LogP contribution is -2.49. The van der Waals surface area contributed by atoms with Crippen LogP contribution in [0.3, 0.4) is 0 Å². The van der Waals surface area contributed by atoms with Gasteiger partial charge in [-0.2, -0.15) is 0 Å². The predicted molar refractivity (Wildman–Crippen MR) is 146 cm³/mol. The van der Waals surface area contributed by atoms with Gasteiger partial charge in [0.1, 0.15) is 6.04 Å². The smallest absolute Gasteiger partial charge is 0.269 e. The molecule has 0 N–H and O–H groups in total. The van der Waals surface area contributed by atoms with Crippen LogP contribution in [0.15, 0.2) is 71.2 Å². The van der Waals surface area contributed by atoms with Gasteiger partial charge in [0.25, 0.3) is 5.69 Å². The molecule has 2 saturated heterocycles. The summed E-state index contributed by atoms with van der Waals surface area (Å²) in [6.45, 7) is 1.62. The zero-order valence-corrected chi connectivity index (χ0v) is 22.2. The molecule has 6 rings (SSSR count). The second-order valence-electron chi connectivity index (χ2n) is 9.57. The van der Waals surface area contributed by atoms with Crippen LogP contribution in [0.5, 0.6) is 0 Å². The second-order valence-corrected chi connectivity index (χ2v) is 10.9. The molecule has 0 unspecified atom stereocenters. The van der Waals surface area contributed by atoms with Crippen molar-refractivity contribution in [2.24, 2.45) is 11.8 Å². The van der Waals surface area contributed by atoms with E-state index in [0.717, 1.165) is 14.9 Å². The highest BCUT2D eigenvalue weighted by Crippen LogP contribution is 2.50. The number of hydrogen-bond acceptors (Lipinski definition) is 6. The fraction of sp³-hybridized carbons (Fsp3) is 0.179. The Morgan fingerprint density at radius 1 is 0.974 bits per heavy atom. The molecule has 3 aliphatic rings. The molecule has 38 heavy (non-hydrogen) atoms. The van der Waals surface area contributed by atoms with Crippen LogP contribution in [0.2, 0.25) is 5.02 Å². The largest absolute Gasteiger partial charge is 0.352 e. The van der Waals surface area contributed by atoms with Crippen LogP contribution in [0.4, 0.5) is 17.1 Å². The molecule has 0 bridgehead atoms. The Hall–Kier alpha value is -3.82. The molecule has 2 amide bonds. The van der Waals surface area contributed by atoms with Crippen molar-refractivity contribution in [2.75, 3.05) is 9.80 Å². The highest BCUT2D eigenvalue weighted by Gasteiger charge is 2.64. The summed E-state index contributed by atoms with van der Waals surface area (Å²) in [5.41, 5.74) is 2.51. The Morgan fingerprint density at radius 3 is 2.37 bits per heavy atom. The predicted octanol–water partition coefficient (Wildman–Crippen LogP) is 5.59. The van der Waals surface area contributed by atoms with Gasteiger partial charge in [0, 0.05) is 32.9 Å². The van der Waals surface area contributed by atoms with Crippen LogP contribution in [0, 0.1) is 28.9 Å². The van der Waals surface area contributed by atoms with Crippen LogP contribution in [0.1, 0.15) is 21.5 Å². The van der Waals surface area contributed by atoms with E-state index in [4.69, 9.17) is 11.6 Å². The van der Waals surface area contributed by atoms with Crippen molar-refractivity contribution >= 4 is 68.3 Å². The normalized spacial score (nSPS) is 23.3. The first-order chi connectivity index (χ1) is 18.2. The number of benzene rings is 3. The van der Waals surface area contributed by atoms with Crippen molar-refractivity contribution in [3.8, 4) is 0 Å². The Bertz CT molecular complexity index is 1590. The molecule has 3 aromatic rings. The minimum atomic E-state index is -0.951. The molecule has 190 valence electrons. The summed E-state index contributed by atoms with van der Waals surface area (Å²) in [5, 5.41) is 11.7. The molecule has 10 heteroatoms. The Labute approximate surface area is 230 Å². The van der Waals surface area contributed by atoms with E-state index in [2.05, 4.69) is 15.9 Å². The van der Waals surface area contributed by atoms with Crippen molar-refractivity contribution in [2.45, 2.75) is 19.0 Å². The molecule has 0 radical (unpaired) electrons. The van der Waals surface area contributed by atoms with Crippen molar-refractivity contribution in [1.82, 2.24) is 0 Å². The number of nitro groups is 1. The average molecular weight is 593 g/mol. The summed E-state index contributed by atoms with van der Waals surface area (Å²) in [7, 11) is 0. The van der Waals surface area contributed by atoms with Gasteiger partial charge >= 0.3 is 0 Å². The molecule has 8 nitrogen and oxygen atoms in total. The number of carbonyl (C=O) groups is 3. The Morgan fingerprint density at radius 2 is 1.68 bits per heavy atom. The number of nitro benzene ring substituents is 1. The molecule has 3 aliphatic heterocycles. The van der Waals surface area contributed by atoms with Crippen LogP contribution < -0.4 is 9.80 Å². The summed E-state index contributed by atoms with van der Waals surface area (Å²) in [6, 6.07) is 14.8. The van der Waals surface area contributed by atoms with Crippen LogP contribution >= 0.6 is 27.5 Å². The van der Waals surface area contributed by atoms with Crippen LogP contribution in [-0.4, -0.2) is 34.6 Å². The standard InChI is InChI=1S/C28H19BrClN3O5/c1-14-12-19(33(37)38)9-11-20(14)32-27(35)23-21-10-5-15-4-8-18(30)13-22(15)31(21)25(24(23)28(32)36)26(34)16-2-6-17(29)7-3-16/h2-13,21,23-25H,1H3/t21-,23+,24+,25-/m1/s1. The molecule has 3 heterocycles. The lowest BCUT2D eigenvalue weighted by atomic mass is 9.86. The number of anilines is 2. The van der Waals surface area contributed by atoms with Gasteiger partial charge in [-0.15, -0.1) is 0 Å². The summed E-state index contributed by atoms with van der Waals surface area (Å²) >= 11 is 9.72. The fourth-order valence-electron chi connectivity index (χ4n) is 5.86. The summed E-state index contributed by atoms with van der Waals surface area (Å²) in [6.07, 6.45) is 3.74. The number of Topliss-reactive ketones (excluding diaryl/α,β-unsaturated/α-hetero) is 1. The van der Waals surface area contributed by atoms with E-state index in [-0.39, 0.29) is 17.2 Å². The van der Waals surface area contributed by atoms with Crippen molar-refractivity contribution in [3.05, 3.63) is 103 Å². The highest BCUT2D eigenvalue weighted by atomic mass is 79.9. The van der Waals surface area contributed by atoms with Gasteiger partial charge in [-0.1, -0.05) is 57.9 Å². The molecule has 2 fully saturated rings. The molecule has 0 aliphatic carbocycles. The highest BCUT2D eigenvalue weighted by molar-refractivity contribution is 9.10. The quantitative estimate of drug-likeness (QED) is 0.169. The van der Waals surface area contributed by atoms with Gasteiger partial charge in [-0.3, -0.25) is 24.5 Å². The second kappa shape index (κ2) is 8.89. The number of imide groups is 1. The van der Waals surface area contributed by atoms with E-state index < -0.39 is 40.7 Å². The minimum Gasteiger partial charge on any atom is -0.352 e. The summed E-state index contributed by atoms with van der Waals surface area (Å²) in [5.74, 6) is -2.98. The SMILES string of the molecule is Cc1cc([N+](=O)[O-])ccc1N1C(=O)[C@@H]2[C@H](C1=O)[C@H](C(=O)c1ccc(Br)cc1)N1c3cc(Cl)ccc3C=C[C@H]21. The number of amides is 2. The van der Waals surface area contributed by atoms with E-state index >= 15 is 0 Å². The number of aryl methyl sites for hydroxylation is 1. The van der Waals surface area contributed by atoms with Crippen LogP contribution in [0.25, 0.3) is 6.08 Å². The number of fused-ring (bicyclic) bond motifs is 5. The number of non-ortho nitro benzene ring substituents is 1. The number of hydrogen-bond donors (Lipinski definition) is 0. The molecule has 0 aromatic heterocycles. The molecular weight excluding hydrogens is 574 g/mol. The minimum absolute atomic E-state index is 0.135. The zero-order chi connectivity index (χ0) is 26.9. The Balaban J connectivity index is 1.49. The van der Waals surface area contributed by atoms with Gasteiger partial charge in [-0.05, 0) is 48.4 Å². The maximum atomic E-state index is 14.1. The van der Waals surface area contributed by atoms with Gasteiger partial charge < -0.3 is 4.90 Å². The Kier molecular flexibility index (Phi) is 5.73. The van der Waals surface area contributed by atoms with Crippen molar-refractivity contribution < 1.29 is 19.3 Å². The summed E-state index contributed by atoms with van der Waals surface area (Å²) < 4.78 is 0.807. The lowest BCUT2D eigenvalue weighted by molar-refractivity contribution is -0.384. The van der Waals surface area contributed by atoms with Gasteiger partial charge in [0.2, 0.25) is 11.8 Å². The first-order valence-electron chi connectivity index (χ1n) is 11.9. The number of rotatable bonds is 4. The van der Waals surface area contributed by atoms with Crippen molar-refractivity contribution in [3.63, 3.8) is 0 Å². The monoisotopic (exact) mass is 591 g/mol. The number of halogens is 2. The van der Waals surface area contributed by atoms with Gasteiger partial charge in [-0.25, -0.2) is 4.90 Å².